The van der Waals surface area contributed by atoms with Gasteiger partial charge in [-0.1, -0.05) is 31.4 Å². The molecular formula is C30H35N7O4S. The molecule has 0 radical (unpaired) electrons. The van der Waals surface area contributed by atoms with Crippen molar-refractivity contribution in [3.05, 3.63) is 64.7 Å². The van der Waals surface area contributed by atoms with E-state index >= 15 is 0 Å². The number of anilines is 2. The van der Waals surface area contributed by atoms with E-state index in [1.165, 1.54) is 29.9 Å². The predicted octanol–water partition coefficient (Wildman–Crippen LogP) is 3.74. The van der Waals surface area contributed by atoms with Gasteiger partial charge in [0.05, 0.1) is 22.8 Å². The van der Waals surface area contributed by atoms with E-state index in [2.05, 4.69) is 20.6 Å². The Labute approximate surface area is 247 Å². The number of ketones is 1. The van der Waals surface area contributed by atoms with Crippen LogP contribution in [-0.4, -0.2) is 49.3 Å². The number of benzene rings is 2. The van der Waals surface area contributed by atoms with Crippen molar-refractivity contribution in [1.82, 2.24) is 14.5 Å². The first-order valence-corrected chi connectivity index (χ1v) is 14.9. The second-order valence-electron chi connectivity index (χ2n) is 10.9. The maximum Gasteiger partial charge on any atom is 0.257 e. The summed E-state index contributed by atoms with van der Waals surface area (Å²) in [5, 5.41) is 17.7. The summed E-state index contributed by atoms with van der Waals surface area (Å²) < 4.78 is 1.94. The minimum absolute atomic E-state index is 0.107. The van der Waals surface area contributed by atoms with Crippen molar-refractivity contribution in [3.8, 4) is 5.75 Å². The Morgan fingerprint density at radius 1 is 1.10 bits per heavy atom. The van der Waals surface area contributed by atoms with Gasteiger partial charge in [-0.2, -0.15) is 0 Å². The number of nitrogens with two attached hydrogens (primary N) is 2. The molecule has 1 aliphatic carbocycles. The van der Waals surface area contributed by atoms with Crippen molar-refractivity contribution < 1.29 is 19.5 Å². The second kappa shape index (κ2) is 12.7. The van der Waals surface area contributed by atoms with Crippen LogP contribution in [0.4, 0.5) is 11.1 Å². The highest BCUT2D eigenvalue weighted by Crippen LogP contribution is 2.29. The second-order valence-corrected chi connectivity index (χ2v) is 11.7. The van der Waals surface area contributed by atoms with Crippen molar-refractivity contribution in [2.75, 3.05) is 10.6 Å². The highest BCUT2D eigenvalue weighted by molar-refractivity contribution is 7.13. The minimum atomic E-state index is -1.34. The molecule has 0 aliphatic heterocycles. The number of nitrogens with one attached hydrogen (secondary N) is 2. The van der Waals surface area contributed by atoms with Gasteiger partial charge in [0.15, 0.2) is 17.0 Å². The van der Waals surface area contributed by atoms with Gasteiger partial charge in [0.2, 0.25) is 11.9 Å². The predicted molar refractivity (Wildman–Crippen MR) is 163 cm³/mol. The monoisotopic (exact) mass is 589 g/mol. The zero-order chi connectivity index (χ0) is 29.8. The van der Waals surface area contributed by atoms with Crippen LogP contribution in [0, 0.1) is 12.8 Å². The standard InChI is InChI=1S/C30H35N7O4S/c1-17-16-42-30(33-17)35-25(26(39)22(31)13-18-7-10-21(38)11-8-18)28(41)36-29-34-23-14-20(27(32)40)9-12-24(23)37(29)15-19-5-3-2-4-6-19/h7-12,14,16,19,22,25,38H,2-6,13,15,31H2,1H3,(H2,32,40)(H,33,35)(H,34,36,41)/t22-,25-/m0/s1. The Morgan fingerprint density at radius 3 is 2.50 bits per heavy atom. The maximum atomic E-state index is 13.8. The molecule has 0 saturated heterocycles. The summed E-state index contributed by atoms with van der Waals surface area (Å²) in [4.78, 5) is 48.3. The fourth-order valence-electron chi connectivity index (χ4n) is 5.38. The minimum Gasteiger partial charge on any atom is -0.508 e. The number of hydrogen-bond acceptors (Lipinski definition) is 9. The molecular weight excluding hydrogens is 554 g/mol. The third kappa shape index (κ3) is 6.77. The molecule has 2 atom stereocenters. The Kier molecular flexibility index (Phi) is 8.83. The zero-order valence-corrected chi connectivity index (χ0v) is 24.2. The summed E-state index contributed by atoms with van der Waals surface area (Å²) in [5.41, 5.74) is 14.9. The zero-order valence-electron chi connectivity index (χ0n) is 23.4. The first-order chi connectivity index (χ1) is 20.2. The SMILES string of the molecule is Cc1csc(N[C@H](C(=O)Nc2nc3cc(C(N)=O)ccc3n2CC2CCCCC2)C(=O)[C@@H](N)Cc2ccc(O)cc2)n1. The lowest BCUT2D eigenvalue weighted by Crippen LogP contribution is -2.50. The molecule has 1 fully saturated rings. The molecule has 2 amide bonds. The molecule has 0 bridgehead atoms. The van der Waals surface area contributed by atoms with Gasteiger partial charge in [-0.25, -0.2) is 9.97 Å². The number of Topliss-reactive ketones (excluding diaryl/α,β-unsaturated/α-hetero) is 1. The smallest absolute Gasteiger partial charge is 0.257 e. The molecule has 42 heavy (non-hydrogen) atoms. The van der Waals surface area contributed by atoms with E-state index in [9.17, 15) is 19.5 Å². The van der Waals surface area contributed by atoms with Crippen LogP contribution in [0.25, 0.3) is 11.0 Å². The number of nitrogens with zero attached hydrogens (tertiary/aromatic N) is 3. The molecule has 4 aromatic rings. The van der Waals surface area contributed by atoms with Gasteiger partial charge in [-0.3, -0.25) is 19.7 Å². The third-order valence-electron chi connectivity index (χ3n) is 7.62. The summed E-state index contributed by atoms with van der Waals surface area (Å²) in [6.07, 6.45) is 5.84. The van der Waals surface area contributed by atoms with E-state index in [1.807, 2.05) is 16.9 Å². The lowest BCUT2D eigenvalue weighted by Gasteiger charge is -2.24. The number of fused-ring (bicyclic) bond motifs is 1. The Hall–Kier alpha value is -4.29. The van der Waals surface area contributed by atoms with E-state index in [0.717, 1.165) is 42.5 Å². The summed E-state index contributed by atoms with van der Waals surface area (Å²) >= 11 is 1.28. The van der Waals surface area contributed by atoms with Gasteiger partial charge < -0.3 is 26.5 Å². The Bertz CT molecular complexity index is 1590. The van der Waals surface area contributed by atoms with Crippen molar-refractivity contribution >= 4 is 51.0 Å². The van der Waals surface area contributed by atoms with Crippen LogP contribution in [0.1, 0.15) is 53.7 Å². The number of thiazole rings is 1. The number of phenols is 1. The number of aryl methyl sites for hydroxylation is 1. The molecule has 2 heterocycles. The number of rotatable bonds is 11. The summed E-state index contributed by atoms with van der Waals surface area (Å²) in [6, 6.07) is 9.11. The average molecular weight is 590 g/mol. The fourth-order valence-corrected chi connectivity index (χ4v) is 6.10. The highest BCUT2D eigenvalue weighted by atomic mass is 32.1. The molecule has 7 N–H and O–H groups in total. The Morgan fingerprint density at radius 2 is 1.83 bits per heavy atom. The first kappa shape index (κ1) is 29.2. The van der Waals surface area contributed by atoms with Gasteiger partial charge in [0.1, 0.15) is 5.75 Å². The molecule has 1 aliphatic rings. The van der Waals surface area contributed by atoms with Crippen LogP contribution < -0.4 is 22.1 Å². The van der Waals surface area contributed by atoms with Gasteiger partial charge in [-0.15, -0.1) is 11.3 Å². The molecule has 2 aromatic carbocycles. The number of imidazole rings is 1. The van der Waals surface area contributed by atoms with Crippen LogP contribution >= 0.6 is 11.3 Å². The molecule has 220 valence electrons. The molecule has 0 spiro atoms. The van der Waals surface area contributed by atoms with Crippen molar-refractivity contribution in [2.24, 2.45) is 17.4 Å². The highest BCUT2D eigenvalue weighted by Gasteiger charge is 2.33. The van der Waals surface area contributed by atoms with Crippen LogP contribution in [0.5, 0.6) is 5.75 Å². The summed E-state index contributed by atoms with van der Waals surface area (Å²) in [5.74, 6) is -0.903. The van der Waals surface area contributed by atoms with Gasteiger partial charge in [-0.05, 0) is 68.0 Å². The topological polar surface area (TPSA) is 178 Å². The summed E-state index contributed by atoms with van der Waals surface area (Å²) in [7, 11) is 0. The molecule has 12 heteroatoms. The van der Waals surface area contributed by atoms with E-state index in [1.54, 1.807) is 30.3 Å². The lowest BCUT2D eigenvalue weighted by molar-refractivity contribution is -0.127. The molecule has 11 nitrogen and oxygen atoms in total. The fraction of sp³-hybridized carbons (Fsp3) is 0.367. The van der Waals surface area contributed by atoms with Crippen molar-refractivity contribution in [3.63, 3.8) is 0 Å². The van der Waals surface area contributed by atoms with Gasteiger partial charge in [0.25, 0.3) is 5.91 Å². The van der Waals surface area contributed by atoms with Crippen LogP contribution in [0.3, 0.4) is 0 Å². The number of carbonyl (C=O) groups is 3. The number of carbonyl (C=O) groups excluding carboxylic acids is 3. The number of aromatic nitrogens is 3. The molecule has 0 unspecified atom stereocenters. The maximum absolute atomic E-state index is 13.8. The summed E-state index contributed by atoms with van der Waals surface area (Å²) in [6.45, 7) is 2.46. The van der Waals surface area contributed by atoms with Crippen LogP contribution in [-0.2, 0) is 22.6 Å². The van der Waals surface area contributed by atoms with Crippen LogP contribution in [0.2, 0.25) is 0 Å². The molecule has 1 saturated carbocycles. The number of phenolic OH excluding ortho intramolecular Hbond substituents is 1. The van der Waals surface area contributed by atoms with Gasteiger partial charge >= 0.3 is 0 Å². The average Bonchev–Trinajstić information content (AvgIpc) is 3.54. The van der Waals surface area contributed by atoms with E-state index < -0.39 is 29.7 Å². The van der Waals surface area contributed by atoms with Crippen molar-refractivity contribution in [2.45, 2.75) is 64.1 Å². The largest absolute Gasteiger partial charge is 0.508 e. The Balaban J connectivity index is 1.45. The molecule has 2 aromatic heterocycles. The lowest BCUT2D eigenvalue weighted by atomic mass is 9.89. The number of aromatic hydroxyl groups is 1. The van der Waals surface area contributed by atoms with Gasteiger partial charge in [0, 0.05) is 17.5 Å². The first-order valence-electron chi connectivity index (χ1n) is 14.0. The third-order valence-corrected chi connectivity index (χ3v) is 8.52. The van der Waals surface area contributed by atoms with Crippen molar-refractivity contribution in [1.29, 1.82) is 0 Å². The number of amides is 2. The quantitative estimate of drug-likeness (QED) is 0.164. The normalized spacial score (nSPS) is 15.3. The number of hydrogen-bond donors (Lipinski definition) is 5. The molecule has 5 rings (SSSR count). The van der Waals surface area contributed by atoms with E-state index in [0.29, 0.717) is 28.7 Å². The van der Waals surface area contributed by atoms with E-state index in [4.69, 9.17) is 11.5 Å². The number of primary amides is 1. The van der Waals surface area contributed by atoms with E-state index in [-0.39, 0.29) is 18.1 Å². The van der Waals surface area contributed by atoms with Crippen LogP contribution in [0.15, 0.2) is 47.8 Å².